The molecule has 2 nitrogen and oxygen atoms in total. The minimum Gasteiger partial charge on any atom is -0.348 e. The molecule has 1 heterocycles. The Bertz CT molecular complexity index is 526. The zero-order valence-corrected chi connectivity index (χ0v) is 13.8. The number of hydrogen-bond donors (Lipinski definition) is 1. The molecule has 4 aliphatic carbocycles. The molecule has 0 aromatic carbocycles. The average Bonchev–Trinajstić information content (AvgIpc) is 2.83. The first-order valence-corrected chi connectivity index (χ1v) is 9.29. The predicted molar refractivity (Wildman–Crippen MR) is 86.6 cm³/mol. The average molecular weight is 303 g/mol. The molecular formula is C18H25NOS. The highest BCUT2D eigenvalue weighted by molar-refractivity contribution is 7.12. The number of nitrogens with one attached hydrogen (secondary N) is 1. The highest BCUT2D eigenvalue weighted by Gasteiger charge is 2.53. The molecule has 4 aliphatic rings. The van der Waals surface area contributed by atoms with Crippen LogP contribution in [0.5, 0.6) is 0 Å². The number of aryl methyl sites for hydroxylation is 1. The molecule has 4 bridgehead atoms. The summed E-state index contributed by atoms with van der Waals surface area (Å²) in [6.45, 7) is 4.29. The quantitative estimate of drug-likeness (QED) is 0.881. The second-order valence-corrected chi connectivity index (χ2v) is 8.82. The van der Waals surface area contributed by atoms with Crippen molar-refractivity contribution < 1.29 is 4.79 Å². The maximum absolute atomic E-state index is 12.5. The topological polar surface area (TPSA) is 29.1 Å². The van der Waals surface area contributed by atoms with Crippen molar-refractivity contribution in [3.05, 3.63) is 21.9 Å². The van der Waals surface area contributed by atoms with Crippen molar-refractivity contribution in [2.24, 2.45) is 23.2 Å². The lowest BCUT2D eigenvalue weighted by molar-refractivity contribution is -0.0687. The third kappa shape index (κ3) is 2.25. The van der Waals surface area contributed by atoms with Gasteiger partial charge in [-0.1, -0.05) is 0 Å². The van der Waals surface area contributed by atoms with Crippen LogP contribution in [0.2, 0.25) is 0 Å². The van der Waals surface area contributed by atoms with Gasteiger partial charge in [-0.3, -0.25) is 4.79 Å². The van der Waals surface area contributed by atoms with Crippen LogP contribution in [0.1, 0.15) is 60.7 Å². The van der Waals surface area contributed by atoms with Crippen LogP contribution in [0, 0.1) is 30.1 Å². The first-order valence-electron chi connectivity index (χ1n) is 8.41. The summed E-state index contributed by atoms with van der Waals surface area (Å²) < 4.78 is 0. The summed E-state index contributed by atoms with van der Waals surface area (Å²) in [7, 11) is 0. The van der Waals surface area contributed by atoms with Gasteiger partial charge in [-0.15, -0.1) is 11.3 Å². The molecule has 1 aromatic heterocycles. The van der Waals surface area contributed by atoms with Crippen LogP contribution in [0.4, 0.5) is 0 Å². The summed E-state index contributed by atoms with van der Waals surface area (Å²) in [4.78, 5) is 13.4. The summed E-state index contributed by atoms with van der Waals surface area (Å²) in [5, 5.41) is 5.37. The minimum atomic E-state index is 0.144. The van der Waals surface area contributed by atoms with Crippen molar-refractivity contribution in [1.82, 2.24) is 5.32 Å². The number of thiophene rings is 1. The molecule has 1 N–H and O–H groups in total. The SMILES string of the molecule is Cc1ccsc1C(=O)NC(C)C12CC3CC(CC(C3)C1)C2. The Morgan fingerprint density at radius 1 is 1.24 bits per heavy atom. The van der Waals surface area contributed by atoms with E-state index in [9.17, 15) is 4.79 Å². The molecule has 5 rings (SSSR count). The van der Waals surface area contributed by atoms with Crippen LogP contribution in [-0.2, 0) is 0 Å². The van der Waals surface area contributed by atoms with Gasteiger partial charge >= 0.3 is 0 Å². The molecule has 0 aliphatic heterocycles. The van der Waals surface area contributed by atoms with E-state index in [2.05, 4.69) is 12.2 Å². The van der Waals surface area contributed by atoms with Crippen molar-refractivity contribution in [3.63, 3.8) is 0 Å². The largest absolute Gasteiger partial charge is 0.348 e. The van der Waals surface area contributed by atoms with Gasteiger partial charge in [0.25, 0.3) is 5.91 Å². The van der Waals surface area contributed by atoms with E-state index in [-0.39, 0.29) is 5.91 Å². The lowest BCUT2D eigenvalue weighted by atomic mass is 9.48. The van der Waals surface area contributed by atoms with Crippen LogP contribution in [-0.4, -0.2) is 11.9 Å². The molecule has 1 aromatic rings. The summed E-state index contributed by atoms with van der Waals surface area (Å²) in [6.07, 6.45) is 8.44. The standard InChI is InChI=1S/C18H25NOS/c1-11-3-4-21-16(11)17(20)19-12(2)18-8-13-5-14(9-18)7-15(6-13)10-18/h3-4,12-15H,5-10H2,1-2H3,(H,19,20). The highest BCUT2D eigenvalue weighted by atomic mass is 32.1. The van der Waals surface area contributed by atoms with E-state index in [4.69, 9.17) is 0 Å². The molecule has 3 heteroatoms. The van der Waals surface area contributed by atoms with Crippen molar-refractivity contribution in [1.29, 1.82) is 0 Å². The van der Waals surface area contributed by atoms with E-state index in [0.29, 0.717) is 11.5 Å². The Labute approximate surface area is 131 Å². The van der Waals surface area contributed by atoms with E-state index in [1.807, 2.05) is 18.4 Å². The number of amides is 1. The Balaban J connectivity index is 1.51. The van der Waals surface area contributed by atoms with Gasteiger partial charge < -0.3 is 5.32 Å². The Morgan fingerprint density at radius 3 is 2.29 bits per heavy atom. The number of rotatable bonds is 3. The van der Waals surface area contributed by atoms with Gasteiger partial charge in [0.05, 0.1) is 4.88 Å². The first kappa shape index (κ1) is 13.8. The van der Waals surface area contributed by atoms with E-state index in [1.165, 1.54) is 38.5 Å². The number of hydrogen-bond acceptors (Lipinski definition) is 2. The van der Waals surface area contributed by atoms with Crippen LogP contribution >= 0.6 is 11.3 Å². The molecule has 0 saturated heterocycles. The Morgan fingerprint density at radius 2 is 1.81 bits per heavy atom. The molecule has 0 radical (unpaired) electrons. The van der Waals surface area contributed by atoms with Gasteiger partial charge in [0, 0.05) is 6.04 Å². The molecule has 1 atom stereocenters. The fourth-order valence-corrected chi connectivity index (χ4v) is 6.56. The normalized spacial score (nSPS) is 38.5. The van der Waals surface area contributed by atoms with Crippen molar-refractivity contribution in [2.75, 3.05) is 0 Å². The number of carbonyl (C=O) groups excluding carboxylic acids is 1. The summed E-state index contributed by atoms with van der Waals surface area (Å²) in [5.74, 6) is 2.97. The van der Waals surface area contributed by atoms with Gasteiger partial charge in [0.1, 0.15) is 0 Å². The molecule has 21 heavy (non-hydrogen) atoms. The van der Waals surface area contributed by atoms with Gasteiger partial charge in [-0.05, 0) is 92.6 Å². The van der Waals surface area contributed by atoms with Crippen LogP contribution < -0.4 is 5.32 Å². The van der Waals surface area contributed by atoms with Gasteiger partial charge in [0.15, 0.2) is 0 Å². The molecule has 4 fully saturated rings. The Kier molecular flexibility index (Phi) is 3.18. The van der Waals surface area contributed by atoms with E-state index in [1.54, 1.807) is 11.3 Å². The minimum absolute atomic E-state index is 0.144. The summed E-state index contributed by atoms with van der Waals surface area (Å²) in [6, 6.07) is 2.36. The lowest BCUT2D eigenvalue weighted by Gasteiger charge is -2.59. The third-order valence-electron chi connectivity index (χ3n) is 6.42. The molecule has 114 valence electrons. The van der Waals surface area contributed by atoms with Crippen LogP contribution in [0.15, 0.2) is 11.4 Å². The third-order valence-corrected chi connectivity index (χ3v) is 7.44. The maximum Gasteiger partial charge on any atom is 0.261 e. The highest BCUT2D eigenvalue weighted by Crippen LogP contribution is 2.61. The van der Waals surface area contributed by atoms with Crippen LogP contribution in [0.25, 0.3) is 0 Å². The van der Waals surface area contributed by atoms with E-state index >= 15 is 0 Å². The fourth-order valence-electron chi connectivity index (χ4n) is 5.73. The van der Waals surface area contributed by atoms with Crippen LogP contribution in [0.3, 0.4) is 0 Å². The summed E-state index contributed by atoms with van der Waals surface area (Å²) >= 11 is 1.56. The maximum atomic E-state index is 12.5. The van der Waals surface area contributed by atoms with E-state index in [0.717, 1.165) is 28.2 Å². The van der Waals surface area contributed by atoms with Crippen molar-refractivity contribution in [3.8, 4) is 0 Å². The molecule has 4 saturated carbocycles. The van der Waals surface area contributed by atoms with Crippen molar-refractivity contribution >= 4 is 17.2 Å². The molecule has 0 spiro atoms. The zero-order valence-electron chi connectivity index (χ0n) is 13.0. The first-order chi connectivity index (χ1) is 10.1. The molecular weight excluding hydrogens is 278 g/mol. The lowest BCUT2D eigenvalue weighted by Crippen LogP contribution is -2.55. The summed E-state index contributed by atoms with van der Waals surface area (Å²) in [5.41, 5.74) is 1.51. The van der Waals surface area contributed by atoms with Gasteiger partial charge in [-0.2, -0.15) is 0 Å². The second kappa shape index (κ2) is 4.84. The zero-order chi connectivity index (χ0) is 14.6. The second-order valence-electron chi connectivity index (χ2n) is 7.91. The van der Waals surface area contributed by atoms with Gasteiger partial charge in [-0.25, -0.2) is 0 Å². The predicted octanol–water partition coefficient (Wildman–Crippen LogP) is 4.39. The number of carbonyl (C=O) groups is 1. The monoisotopic (exact) mass is 303 g/mol. The molecule has 1 unspecified atom stereocenters. The van der Waals surface area contributed by atoms with E-state index < -0.39 is 0 Å². The van der Waals surface area contributed by atoms with Gasteiger partial charge in [0.2, 0.25) is 0 Å². The fraction of sp³-hybridized carbons (Fsp3) is 0.722. The molecule has 1 amide bonds. The Hall–Kier alpha value is -0.830. The smallest absolute Gasteiger partial charge is 0.261 e. The van der Waals surface area contributed by atoms with Crippen molar-refractivity contribution in [2.45, 2.75) is 58.4 Å².